The van der Waals surface area contributed by atoms with Gasteiger partial charge < -0.3 is 10.1 Å². The van der Waals surface area contributed by atoms with Crippen molar-refractivity contribution >= 4 is 33.4 Å². The van der Waals surface area contributed by atoms with E-state index in [-0.39, 0.29) is 23.5 Å². The van der Waals surface area contributed by atoms with Gasteiger partial charge in [-0.25, -0.2) is 13.1 Å². The number of rotatable bonds is 9. The van der Waals surface area contributed by atoms with Gasteiger partial charge in [-0.3, -0.25) is 4.79 Å². The van der Waals surface area contributed by atoms with Gasteiger partial charge in [0.25, 0.3) is 5.91 Å². The molecular formula is C27H30N2O4S2. The highest BCUT2D eigenvalue weighted by molar-refractivity contribution is 7.99. The fraction of sp³-hybridized carbons (Fsp3) is 0.296. The molecule has 0 saturated heterocycles. The van der Waals surface area contributed by atoms with Gasteiger partial charge in [0.1, 0.15) is 5.75 Å². The SMILES string of the molecule is Cc1cc(S(=O)(=O)NC2CCCCC2)ccc1OCC(=O)Nc1ccccc1Sc1ccccc1. The van der Waals surface area contributed by atoms with Crippen LogP contribution in [0.4, 0.5) is 5.69 Å². The number of anilines is 1. The van der Waals surface area contributed by atoms with E-state index in [1.165, 1.54) is 6.07 Å². The van der Waals surface area contributed by atoms with E-state index < -0.39 is 10.0 Å². The van der Waals surface area contributed by atoms with E-state index in [0.717, 1.165) is 41.9 Å². The van der Waals surface area contributed by atoms with Crippen molar-refractivity contribution < 1.29 is 17.9 Å². The zero-order valence-corrected chi connectivity index (χ0v) is 21.3. The molecule has 1 saturated carbocycles. The molecule has 0 spiro atoms. The van der Waals surface area contributed by atoms with Crippen molar-refractivity contribution in [2.24, 2.45) is 0 Å². The Kier molecular flexibility index (Phi) is 8.49. The number of amides is 1. The maximum atomic E-state index is 12.8. The molecule has 0 heterocycles. The molecule has 2 N–H and O–H groups in total. The molecule has 4 rings (SSSR count). The standard InChI is InChI=1S/C27H30N2O4S2/c1-20-18-23(35(31,32)29-21-10-4-2-5-11-21)16-17-25(20)33-19-27(30)28-24-14-8-9-15-26(24)34-22-12-6-3-7-13-22/h3,6-9,12-18,21,29H,2,4-5,10-11,19H2,1H3,(H,28,30). The Morgan fingerprint density at radius 2 is 1.69 bits per heavy atom. The van der Waals surface area contributed by atoms with E-state index in [4.69, 9.17) is 4.74 Å². The number of para-hydroxylation sites is 1. The van der Waals surface area contributed by atoms with Crippen LogP contribution in [-0.4, -0.2) is 27.0 Å². The maximum Gasteiger partial charge on any atom is 0.262 e. The van der Waals surface area contributed by atoms with Crippen LogP contribution in [0.2, 0.25) is 0 Å². The van der Waals surface area contributed by atoms with Crippen LogP contribution in [0.3, 0.4) is 0 Å². The van der Waals surface area contributed by atoms with Gasteiger partial charge in [-0.05, 0) is 67.8 Å². The summed E-state index contributed by atoms with van der Waals surface area (Å²) in [6.07, 6.45) is 5.02. The molecule has 3 aromatic carbocycles. The van der Waals surface area contributed by atoms with E-state index in [0.29, 0.717) is 17.0 Å². The Morgan fingerprint density at radius 3 is 2.43 bits per heavy atom. The van der Waals surface area contributed by atoms with Crippen LogP contribution < -0.4 is 14.8 Å². The first-order valence-electron chi connectivity index (χ1n) is 11.8. The lowest BCUT2D eigenvalue weighted by Crippen LogP contribution is -2.36. The predicted molar refractivity (Wildman–Crippen MR) is 140 cm³/mol. The number of carbonyl (C=O) groups is 1. The van der Waals surface area contributed by atoms with Crippen LogP contribution in [0.5, 0.6) is 5.75 Å². The number of hydrogen-bond donors (Lipinski definition) is 2. The van der Waals surface area contributed by atoms with Crippen LogP contribution in [0, 0.1) is 6.92 Å². The molecule has 0 atom stereocenters. The first-order valence-corrected chi connectivity index (χ1v) is 14.1. The number of carbonyl (C=O) groups excluding carboxylic acids is 1. The topological polar surface area (TPSA) is 84.5 Å². The van der Waals surface area contributed by atoms with Crippen molar-refractivity contribution in [3.05, 3.63) is 78.4 Å². The summed E-state index contributed by atoms with van der Waals surface area (Å²) in [5.41, 5.74) is 1.37. The van der Waals surface area contributed by atoms with Gasteiger partial charge in [0.15, 0.2) is 6.61 Å². The number of benzene rings is 3. The third kappa shape index (κ3) is 7.10. The lowest BCUT2D eigenvalue weighted by atomic mass is 9.96. The van der Waals surface area contributed by atoms with Crippen LogP contribution in [0.15, 0.2) is 87.5 Å². The Bertz CT molecular complexity index is 1260. The van der Waals surface area contributed by atoms with Gasteiger partial charge in [-0.2, -0.15) is 0 Å². The molecule has 35 heavy (non-hydrogen) atoms. The van der Waals surface area contributed by atoms with Crippen LogP contribution in [0.25, 0.3) is 0 Å². The summed E-state index contributed by atoms with van der Waals surface area (Å²) in [7, 11) is -3.59. The molecule has 3 aromatic rings. The molecule has 0 unspecified atom stereocenters. The average Bonchev–Trinajstić information content (AvgIpc) is 2.85. The van der Waals surface area contributed by atoms with Crippen molar-refractivity contribution in [3.63, 3.8) is 0 Å². The van der Waals surface area contributed by atoms with Crippen LogP contribution >= 0.6 is 11.8 Å². The third-order valence-corrected chi connectivity index (χ3v) is 8.48. The largest absolute Gasteiger partial charge is 0.483 e. The summed E-state index contributed by atoms with van der Waals surface area (Å²) in [6.45, 7) is 1.59. The highest BCUT2D eigenvalue weighted by atomic mass is 32.2. The van der Waals surface area contributed by atoms with E-state index in [1.807, 2.05) is 54.6 Å². The molecule has 8 heteroatoms. The fourth-order valence-corrected chi connectivity index (χ4v) is 6.38. The van der Waals surface area contributed by atoms with Gasteiger partial charge in [0.2, 0.25) is 10.0 Å². The molecule has 1 fully saturated rings. The molecule has 0 radical (unpaired) electrons. The number of sulfonamides is 1. The summed E-state index contributed by atoms with van der Waals surface area (Å²) < 4.78 is 34.1. The Hall–Kier alpha value is -2.81. The van der Waals surface area contributed by atoms with E-state index in [2.05, 4.69) is 10.0 Å². The number of aryl methyl sites for hydroxylation is 1. The zero-order chi connectivity index (χ0) is 24.7. The van der Waals surface area contributed by atoms with Gasteiger partial charge in [-0.1, -0.05) is 61.4 Å². The number of ether oxygens (including phenoxy) is 1. The van der Waals surface area contributed by atoms with Gasteiger partial charge >= 0.3 is 0 Å². The van der Waals surface area contributed by atoms with Crippen molar-refractivity contribution in [3.8, 4) is 5.75 Å². The summed E-state index contributed by atoms with van der Waals surface area (Å²) in [4.78, 5) is 14.8. The first-order chi connectivity index (χ1) is 16.9. The molecule has 0 bridgehead atoms. The summed E-state index contributed by atoms with van der Waals surface area (Å²) in [6, 6.07) is 22.3. The normalized spacial score (nSPS) is 14.4. The highest BCUT2D eigenvalue weighted by Crippen LogP contribution is 2.33. The molecule has 6 nitrogen and oxygen atoms in total. The minimum Gasteiger partial charge on any atom is -0.483 e. The molecule has 1 aliphatic rings. The van der Waals surface area contributed by atoms with E-state index in [1.54, 1.807) is 30.8 Å². The minimum atomic E-state index is -3.59. The first kappa shape index (κ1) is 25.3. The highest BCUT2D eigenvalue weighted by Gasteiger charge is 2.22. The smallest absolute Gasteiger partial charge is 0.262 e. The second-order valence-electron chi connectivity index (χ2n) is 8.63. The quantitative estimate of drug-likeness (QED) is 0.382. The Morgan fingerprint density at radius 1 is 0.971 bits per heavy atom. The Labute approximate surface area is 211 Å². The Balaban J connectivity index is 1.36. The summed E-state index contributed by atoms with van der Waals surface area (Å²) in [5.74, 6) is 0.185. The summed E-state index contributed by atoms with van der Waals surface area (Å²) >= 11 is 1.57. The molecular weight excluding hydrogens is 480 g/mol. The lowest BCUT2D eigenvalue weighted by molar-refractivity contribution is -0.118. The summed E-state index contributed by atoms with van der Waals surface area (Å²) in [5, 5.41) is 2.91. The van der Waals surface area contributed by atoms with Crippen LogP contribution in [-0.2, 0) is 14.8 Å². The van der Waals surface area contributed by atoms with E-state index >= 15 is 0 Å². The van der Waals surface area contributed by atoms with Gasteiger partial charge in [-0.15, -0.1) is 0 Å². The predicted octanol–water partition coefficient (Wildman–Crippen LogP) is 5.77. The van der Waals surface area contributed by atoms with Crippen molar-refractivity contribution in [2.75, 3.05) is 11.9 Å². The average molecular weight is 511 g/mol. The zero-order valence-electron chi connectivity index (χ0n) is 19.7. The van der Waals surface area contributed by atoms with Crippen molar-refractivity contribution in [2.45, 2.75) is 59.8 Å². The minimum absolute atomic E-state index is 0.00314. The molecule has 0 aromatic heterocycles. The molecule has 1 amide bonds. The monoisotopic (exact) mass is 510 g/mol. The molecule has 184 valence electrons. The lowest BCUT2D eigenvalue weighted by Gasteiger charge is -2.22. The number of nitrogens with one attached hydrogen (secondary N) is 2. The van der Waals surface area contributed by atoms with Gasteiger partial charge in [0, 0.05) is 15.8 Å². The van der Waals surface area contributed by atoms with Gasteiger partial charge in [0.05, 0.1) is 10.6 Å². The fourth-order valence-electron chi connectivity index (χ4n) is 4.06. The van der Waals surface area contributed by atoms with Crippen LogP contribution in [0.1, 0.15) is 37.7 Å². The molecule has 1 aliphatic carbocycles. The van der Waals surface area contributed by atoms with Crippen molar-refractivity contribution in [1.29, 1.82) is 0 Å². The second-order valence-corrected chi connectivity index (χ2v) is 11.5. The third-order valence-electron chi connectivity index (χ3n) is 5.87. The van der Waals surface area contributed by atoms with Crippen molar-refractivity contribution in [1.82, 2.24) is 4.72 Å². The second kappa shape index (κ2) is 11.7. The molecule has 0 aliphatic heterocycles. The van der Waals surface area contributed by atoms with E-state index in [9.17, 15) is 13.2 Å². The maximum absolute atomic E-state index is 12.8. The number of hydrogen-bond acceptors (Lipinski definition) is 5.